The third kappa shape index (κ3) is 3.06. The highest BCUT2D eigenvalue weighted by Gasteiger charge is 2.32. The van der Waals surface area contributed by atoms with Crippen molar-refractivity contribution in [2.24, 2.45) is 0 Å². The molecule has 0 N–H and O–H groups in total. The predicted octanol–water partition coefficient (Wildman–Crippen LogP) is 2.55. The van der Waals surface area contributed by atoms with Gasteiger partial charge >= 0.3 is 5.97 Å². The van der Waals surface area contributed by atoms with Gasteiger partial charge in [-0.15, -0.1) is 0 Å². The first kappa shape index (κ1) is 16.3. The number of carbonyl (C=O) groups excluding carboxylic acids is 3. The third-order valence-corrected chi connectivity index (χ3v) is 4.60. The monoisotopic (exact) mass is 351 g/mol. The SMILES string of the molecule is O=C(/C=C/c1ccco1)OCC(=O)c1cc2c3c(c1)CC(=O)N3CCC2. The molecule has 132 valence electrons. The number of hydrogen-bond acceptors (Lipinski definition) is 5. The van der Waals surface area contributed by atoms with Crippen LogP contribution < -0.4 is 4.90 Å². The minimum Gasteiger partial charge on any atom is -0.465 e. The first-order chi connectivity index (χ1) is 12.6. The van der Waals surface area contributed by atoms with Crippen LogP contribution in [0.3, 0.4) is 0 Å². The number of rotatable bonds is 5. The Morgan fingerprint density at radius 3 is 2.92 bits per heavy atom. The van der Waals surface area contributed by atoms with Gasteiger partial charge in [0.1, 0.15) is 5.76 Å². The van der Waals surface area contributed by atoms with Crippen LogP contribution >= 0.6 is 0 Å². The largest absolute Gasteiger partial charge is 0.465 e. The van der Waals surface area contributed by atoms with Crippen molar-refractivity contribution >= 4 is 29.4 Å². The zero-order valence-electron chi connectivity index (χ0n) is 14.1. The molecule has 2 aliphatic rings. The molecule has 6 nitrogen and oxygen atoms in total. The molecule has 3 heterocycles. The molecule has 1 amide bonds. The van der Waals surface area contributed by atoms with Crippen molar-refractivity contribution < 1.29 is 23.5 Å². The fraction of sp³-hybridized carbons (Fsp3) is 0.250. The highest BCUT2D eigenvalue weighted by Crippen LogP contribution is 2.37. The lowest BCUT2D eigenvalue weighted by Gasteiger charge is -2.25. The van der Waals surface area contributed by atoms with E-state index < -0.39 is 5.97 Å². The van der Waals surface area contributed by atoms with E-state index in [1.807, 2.05) is 11.0 Å². The molecule has 0 saturated heterocycles. The Morgan fingerprint density at radius 1 is 1.27 bits per heavy atom. The number of carbonyl (C=O) groups is 3. The summed E-state index contributed by atoms with van der Waals surface area (Å²) in [6, 6.07) is 6.98. The second kappa shape index (κ2) is 6.63. The van der Waals surface area contributed by atoms with Crippen LogP contribution in [0.5, 0.6) is 0 Å². The van der Waals surface area contributed by atoms with Crippen LogP contribution in [0.1, 0.15) is 33.7 Å². The number of benzene rings is 1. The summed E-state index contributed by atoms with van der Waals surface area (Å²) >= 11 is 0. The summed E-state index contributed by atoms with van der Waals surface area (Å²) in [5.74, 6) is -0.279. The molecule has 4 rings (SSSR count). The van der Waals surface area contributed by atoms with Gasteiger partial charge in [-0.05, 0) is 54.3 Å². The van der Waals surface area contributed by atoms with Crippen molar-refractivity contribution in [2.75, 3.05) is 18.1 Å². The number of hydrogen-bond donors (Lipinski definition) is 0. The molecule has 2 aromatic rings. The maximum absolute atomic E-state index is 12.4. The molecule has 2 aliphatic heterocycles. The summed E-state index contributed by atoms with van der Waals surface area (Å²) in [6.45, 7) is 0.406. The van der Waals surface area contributed by atoms with E-state index in [0.717, 1.165) is 36.2 Å². The van der Waals surface area contributed by atoms with Gasteiger partial charge in [-0.1, -0.05) is 0 Å². The summed E-state index contributed by atoms with van der Waals surface area (Å²) in [7, 11) is 0. The number of aryl methyl sites for hydroxylation is 1. The van der Waals surface area contributed by atoms with Crippen LogP contribution in [0.25, 0.3) is 6.08 Å². The zero-order valence-corrected chi connectivity index (χ0v) is 14.1. The minimum absolute atomic E-state index is 0.0834. The van der Waals surface area contributed by atoms with Crippen molar-refractivity contribution in [1.82, 2.24) is 0 Å². The van der Waals surface area contributed by atoms with E-state index in [-0.39, 0.29) is 18.3 Å². The fourth-order valence-corrected chi connectivity index (χ4v) is 3.44. The average molecular weight is 351 g/mol. The highest BCUT2D eigenvalue weighted by atomic mass is 16.5. The molecule has 0 spiro atoms. The summed E-state index contributed by atoms with van der Waals surface area (Å²) in [4.78, 5) is 38.0. The predicted molar refractivity (Wildman–Crippen MR) is 93.9 cm³/mol. The average Bonchev–Trinajstić information content (AvgIpc) is 3.27. The molecule has 1 aromatic carbocycles. The Bertz CT molecular complexity index is 911. The molecule has 0 saturated carbocycles. The number of ether oxygens (including phenoxy) is 1. The van der Waals surface area contributed by atoms with Crippen molar-refractivity contribution in [3.8, 4) is 0 Å². The first-order valence-electron chi connectivity index (χ1n) is 8.49. The van der Waals surface area contributed by atoms with Gasteiger partial charge in [-0.2, -0.15) is 0 Å². The van der Waals surface area contributed by atoms with Gasteiger partial charge in [0.25, 0.3) is 0 Å². The second-order valence-corrected chi connectivity index (χ2v) is 6.35. The number of anilines is 1. The van der Waals surface area contributed by atoms with Gasteiger partial charge in [-0.3, -0.25) is 9.59 Å². The van der Waals surface area contributed by atoms with Gasteiger partial charge in [0, 0.05) is 18.2 Å². The smallest absolute Gasteiger partial charge is 0.331 e. The summed E-state index contributed by atoms with van der Waals surface area (Å²) < 4.78 is 10.1. The van der Waals surface area contributed by atoms with Crippen LogP contribution in [0.4, 0.5) is 5.69 Å². The van der Waals surface area contributed by atoms with E-state index in [1.54, 1.807) is 18.2 Å². The third-order valence-electron chi connectivity index (χ3n) is 4.60. The quantitative estimate of drug-likeness (QED) is 0.470. The van der Waals surface area contributed by atoms with E-state index in [9.17, 15) is 14.4 Å². The molecule has 0 bridgehead atoms. The lowest BCUT2D eigenvalue weighted by molar-refractivity contribution is -0.136. The topological polar surface area (TPSA) is 76.8 Å². The standard InChI is InChI=1S/C20H17NO5/c22-17(12-26-19(24)6-5-16-4-2-8-25-16)14-9-13-3-1-7-21-18(23)11-15(10-14)20(13)21/h2,4-6,8-10H,1,3,7,11-12H2/b6-5+. The molecule has 26 heavy (non-hydrogen) atoms. The van der Waals surface area contributed by atoms with Crippen molar-refractivity contribution in [2.45, 2.75) is 19.3 Å². The van der Waals surface area contributed by atoms with Crippen molar-refractivity contribution in [3.05, 3.63) is 59.1 Å². The molecule has 0 unspecified atom stereocenters. The van der Waals surface area contributed by atoms with Crippen molar-refractivity contribution in [3.63, 3.8) is 0 Å². The summed E-state index contributed by atoms with van der Waals surface area (Å²) in [5.41, 5.74) is 3.36. The lowest BCUT2D eigenvalue weighted by Crippen LogP contribution is -2.31. The molecule has 6 heteroatoms. The molecule has 0 fully saturated rings. The number of furan rings is 1. The number of ketones is 1. The van der Waals surface area contributed by atoms with E-state index in [0.29, 0.717) is 17.7 Å². The fourth-order valence-electron chi connectivity index (χ4n) is 3.44. The molecule has 0 radical (unpaired) electrons. The Morgan fingerprint density at radius 2 is 2.12 bits per heavy atom. The second-order valence-electron chi connectivity index (χ2n) is 6.35. The Labute approximate surface area is 150 Å². The van der Waals surface area contributed by atoms with E-state index in [2.05, 4.69) is 0 Å². The summed E-state index contributed by atoms with van der Waals surface area (Å²) in [5, 5.41) is 0. The van der Waals surface area contributed by atoms with Crippen LogP contribution in [0.2, 0.25) is 0 Å². The molecular formula is C20H17NO5. The van der Waals surface area contributed by atoms with Gasteiger partial charge < -0.3 is 14.1 Å². The highest BCUT2D eigenvalue weighted by molar-refractivity contribution is 6.05. The lowest BCUT2D eigenvalue weighted by atomic mass is 9.95. The van der Waals surface area contributed by atoms with Crippen LogP contribution in [-0.4, -0.2) is 30.8 Å². The molecule has 0 atom stereocenters. The Kier molecular flexibility index (Phi) is 4.16. The molecular weight excluding hydrogens is 334 g/mol. The zero-order chi connectivity index (χ0) is 18.1. The van der Waals surface area contributed by atoms with Crippen LogP contribution in [0, 0.1) is 0 Å². The minimum atomic E-state index is -0.612. The summed E-state index contributed by atoms with van der Waals surface area (Å²) in [6.07, 6.45) is 6.26. The molecule has 0 aliphatic carbocycles. The van der Waals surface area contributed by atoms with E-state index in [1.165, 1.54) is 18.4 Å². The number of amides is 1. The van der Waals surface area contributed by atoms with Crippen molar-refractivity contribution in [1.29, 1.82) is 0 Å². The Balaban J connectivity index is 1.44. The van der Waals surface area contributed by atoms with Crippen LogP contribution in [-0.2, 0) is 27.2 Å². The normalized spacial score (nSPS) is 15.4. The van der Waals surface area contributed by atoms with Gasteiger partial charge in [-0.25, -0.2) is 4.79 Å². The molecule has 1 aromatic heterocycles. The maximum Gasteiger partial charge on any atom is 0.331 e. The van der Waals surface area contributed by atoms with Gasteiger partial charge in [0.15, 0.2) is 12.4 Å². The number of nitrogens with zero attached hydrogens (tertiary/aromatic N) is 1. The van der Waals surface area contributed by atoms with Crippen LogP contribution in [0.15, 0.2) is 41.0 Å². The number of Topliss-reactive ketones (excluding diaryl/α,β-unsaturated/α-hetero) is 1. The van der Waals surface area contributed by atoms with Gasteiger partial charge in [0.2, 0.25) is 5.91 Å². The number of esters is 1. The van der Waals surface area contributed by atoms with E-state index in [4.69, 9.17) is 9.15 Å². The first-order valence-corrected chi connectivity index (χ1v) is 8.49. The Hall–Kier alpha value is -3.15. The van der Waals surface area contributed by atoms with E-state index >= 15 is 0 Å². The van der Waals surface area contributed by atoms with Gasteiger partial charge in [0.05, 0.1) is 18.4 Å². The maximum atomic E-state index is 12.4.